The number of nitrogens with one attached hydrogen (secondary N) is 1. The predicted octanol–water partition coefficient (Wildman–Crippen LogP) is 4.47. The number of ether oxygens (including phenoxy) is 1. The number of fused-ring (bicyclic) bond motifs is 1. The Balaban J connectivity index is 1.51. The van der Waals surface area contributed by atoms with E-state index in [2.05, 4.69) is 42.6 Å². The molecular formula is C23H29NO2. The molecule has 0 spiro atoms. The van der Waals surface area contributed by atoms with Crippen molar-refractivity contribution in [1.29, 1.82) is 0 Å². The summed E-state index contributed by atoms with van der Waals surface area (Å²) >= 11 is 0. The van der Waals surface area contributed by atoms with E-state index in [1.807, 2.05) is 25.1 Å². The fourth-order valence-electron chi connectivity index (χ4n) is 3.56. The molecule has 1 aliphatic rings. The Bertz CT molecular complexity index is 726. The zero-order valence-corrected chi connectivity index (χ0v) is 15.8. The first-order valence-corrected chi connectivity index (χ1v) is 9.75. The van der Waals surface area contributed by atoms with Crippen molar-refractivity contribution in [2.75, 3.05) is 0 Å². The molecule has 0 fully saturated rings. The third kappa shape index (κ3) is 4.87. The van der Waals surface area contributed by atoms with Gasteiger partial charge in [-0.15, -0.1) is 0 Å². The molecule has 138 valence electrons. The quantitative estimate of drug-likeness (QED) is 0.799. The third-order valence-electron chi connectivity index (χ3n) is 5.12. The first kappa shape index (κ1) is 18.5. The highest BCUT2D eigenvalue weighted by Gasteiger charge is 2.20. The monoisotopic (exact) mass is 351 g/mol. The van der Waals surface area contributed by atoms with Crippen LogP contribution < -0.4 is 10.1 Å². The Labute approximate surface area is 156 Å². The molecule has 3 heteroatoms. The first-order chi connectivity index (χ1) is 12.6. The van der Waals surface area contributed by atoms with Gasteiger partial charge in [0.25, 0.3) is 5.91 Å². The summed E-state index contributed by atoms with van der Waals surface area (Å²) in [5.74, 6) is 0.834. The van der Waals surface area contributed by atoms with Crippen molar-refractivity contribution < 1.29 is 9.53 Å². The largest absolute Gasteiger partial charge is 0.481 e. The minimum absolute atomic E-state index is 0.0426. The van der Waals surface area contributed by atoms with Crippen LogP contribution in [-0.4, -0.2) is 18.1 Å². The molecule has 0 saturated heterocycles. The van der Waals surface area contributed by atoms with Crippen molar-refractivity contribution in [1.82, 2.24) is 5.32 Å². The van der Waals surface area contributed by atoms with Crippen molar-refractivity contribution in [3.63, 3.8) is 0 Å². The molecule has 1 amide bonds. The van der Waals surface area contributed by atoms with Gasteiger partial charge in [-0.1, -0.05) is 42.5 Å². The lowest BCUT2D eigenvalue weighted by Gasteiger charge is -2.23. The molecule has 0 unspecified atom stereocenters. The van der Waals surface area contributed by atoms with E-state index in [9.17, 15) is 4.79 Å². The van der Waals surface area contributed by atoms with Crippen molar-refractivity contribution >= 4 is 5.91 Å². The molecule has 3 rings (SSSR count). The number of amides is 1. The summed E-state index contributed by atoms with van der Waals surface area (Å²) in [6, 6.07) is 16.7. The van der Waals surface area contributed by atoms with Gasteiger partial charge in [-0.2, -0.15) is 0 Å². The van der Waals surface area contributed by atoms with Gasteiger partial charge >= 0.3 is 0 Å². The van der Waals surface area contributed by atoms with Crippen LogP contribution in [0.25, 0.3) is 0 Å². The van der Waals surface area contributed by atoms with Gasteiger partial charge < -0.3 is 10.1 Å². The topological polar surface area (TPSA) is 38.3 Å². The van der Waals surface area contributed by atoms with Gasteiger partial charge in [0.05, 0.1) is 0 Å². The first-order valence-electron chi connectivity index (χ1n) is 9.75. The molecular weight excluding hydrogens is 322 g/mol. The summed E-state index contributed by atoms with van der Waals surface area (Å²) in [7, 11) is 0. The molecule has 0 saturated carbocycles. The van der Waals surface area contributed by atoms with E-state index in [4.69, 9.17) is 4.74 Å². The number of aryl methyl sites for hydroxylation is 2. The van der Waals surface area contributed by atoms with Crippen molar-refractivity contribution in [2.24, 2.45) is 0 Å². The lowest BCUT2D eigenvalue weighted by atomic mass is 9.91. The van der Waals surface area contributed by atoms with Crippen LogP contribution in [0.15, 0.2) is 48.5 Å². The number of carbonyl (C=O) groups excluding carboxylic acids is 1. The number of rotatable bonds is 7. The summed E-state index contributed by atoms with van der Waals surface area (Å²) in [4.78, 5) is 12.5. The third-order valence-corrected chi connectivity index (χ3v) is 5.12. The summed E-state index contributed by atoms with van der Waals surface area (Å²) in [6.45, 7) is 3.89. The summed E-state index contributed by atoms with van der Waals surface area (Å²) < 4.78 is 6.03. The van der Waals surface area contributed by atoms with Crippen molar-refractivity contribution in [3.05, 3.63) is 65.2 Å². The maximum atomic E-state index is 12.5. The highest BCUT2D eigenvalue weighted by atomic mass is 16.5. The van der Waals surface area contributed by atoms with Crippen LogP contribution in [0.5, 0.6) is 5.75 Å². The minimum Gasteiger partial charge on any atom is -0.481 e. The number of hydrogen-bond donors (Lipinski definition) is 1. The molecule has 1 aliphatic carbocycles. The van der Waals surface area contributed by atoms with E-state index in [0.29, 0.717) is 0 Å². The van der Waals surface area contributed by atoms with Gasteiger partial charge in [-0.3, -0.25) is 4.79 Å². The second-order valence-electron chi connectivity index (χ2n) is 7.29. The molecule has 1 N–H and O–H groups in total. The van der Waals surface area contributed by atoms with Gasteiger partial charge in [-0.05, 0) is 75.1 Å². The van der Waals surface area contributed by atoms with Crippen molar-refractivity contribution in [2.45, 2.75) is 64.5 Å². The Hall–Kier alpha value is -2.29. The summed E-state index contributed by atoms with van der Waals surface area (Å²) in [6.07, 6.45) is 6.00. The number of carbonyl (C=O) groups is 1. The maximum absolute atomic E-state index is 12.5. The Morgan fingerprint density at radius 2 is 1.81 bits per heavy atom. The van der Waals surface area contributed by atoms with Crippen LogP contribution in [0.1, 0.15) is 49.8 Å². The van der Waals surface area contributed by atoms with Crippen molar-refractivity contribution in [3.8, 4) is 5.75 Å². The minimum atomic E-state index is -0.484. The van der Waals surface area contributed by atoms with E-state index in [-0.39, 0.29) is 11.9 Å². The summed E-state index contributed by atoms with van der Waals surface area (Å²) in [5, 5.41) is 3.09. The van der Waals surface area contributed by atoms with Crippen LogP contribution in [0.3, 0.4) is 0 Å². The van der Waals surface area contributed by atoms with Gasteiger partial charge in [0, 0.05) is 6.04 Å². The van der Waals surface area contributed by atoms with Gasteiger partial charge in [-0.25, -0.2) is 0 Å². The zero-order valence-electron chi connectivity index (χ0n) is 15.8. The Morgan fingerprint density at radius 3 is 2.62 bits per heavy atom. The lowest BCUT2D eigenvalue weighted by molar-refractivity contribution is -0.127. The number of benzene rings is 2. The molecule has 0 aromatic heterocycles. The number of hydrogen-bond acceptors (Lipinski definition) is 2. The standard InChI is InChI=1S/C23H29NO2/c1-17(15-16-19-9-4-3-5-10-19)24-23(25)18(2)26-22-14-8-12-20-11-6-7-13-21(20)22/h3-5,8-10,12,14,17-18H,6-7,11,13,15-16H2,1-2H3,(H,24,25)/t17-,18-/m0/s1. The predicted molar refractivity (Wildman–Crippen MR) is 106 cm³/mol. The molecule has 2 atom stereocenters. The molecule has 26 heavy (non-hydrogen) atoms. The zero-order chi connectivity index (χ0) is 18.4. The van der Waals surface area contributed by atoms with E-state index in [0.717, 1.165) is 31.4 Å². The molecule has 0 radical (unpaired) electrons. The fourth-order valence-corrected chi connectivity index (χ4v) is 3.56. The second-order valence-corrected chi connectivity index (χ2v) is 7.29. The van der Waals surface area contributed by atoms with Gasteiger partial charge in [0.15, 0.2) is 6.10 Å². The average Bonchev–Trinajstić information content (AvgIpc) is 2.67. The summed E-state index contributed by atoms with van der Waals surface area (Å²) in [5.41, 5.74) is 3.96. The molecule has 0 bridgehead atoms. The fraction of sp³-hybridized carbons (Fsp3) is 0.435. The van der Waals surface area contributed by atoms with E-state index < -0.39 is 6.10 Å². The highest BCUT2D eigenvalue weighted by molar-refractivity contribution is 5.81. The molecule has 0 aliphatic heterocycles. The SMILES string of the molecule is C[C@H](Oc1cccc2c1CCCC2)C(=O)N[C@@H](C)CCc1ccccc1. The Kier molecular flexibility index (Phi) is 6.32. The van der Waals surface area contributed by atoms with E-state index in [1.54, 1.807) is 0 Å². The van der Waals surface area contributed by atoms with E-state index in [1.165, 1.54) is 29.5 Å². The molecule has 3 nitrogen and oxygen atoms in total. The van der Waals surface area contributed by atoms with E-state index >= 15 is 0 Å². The normalized spacial score (nSPS) is 15.6. The highest BCUT2D eigenvalue weighted by Crippen LogP contribution is 2.30. The smallest absolute Gasteiger partial charge is 0.260 e. The second kappa shape index (κ2) is 8.88. The Morgan fingerprint density at radius 1 is 1.04 bits per heavy atom. The average molecular weight is 351 g/mol. The molecule has 2 aromatic rings. The van der Waals surface area contributed by atoms with Crippen LogP contribution >= 0.6 is 0 Å². The van der Waals surface area contributed by atoms with Gasteiger partial charge in [0.1, 0.15) is 5.75 Å². The van der Waals surface area contributed by atoms with Crippen LogP contribution in [0, 0.1) is 0 Å². The maximum Gasteiger partial charge on any atom is 0.260 e. The van der Waals surface area contributed by atoms with Crippen LogP contribution in [0.2, 0.25) is 0 Å². The van der Waals surface area contributed by atoms with Crippen LogP contribution in [0.4, 0.5) is 0 Å². The van der Waals surface area contributed by atoms with Gasteiger partial charge in [0.2, 0.25) is 0 Å². The lowest BCUT2D eigenvalue weighted by Crippen LogP contribution is -2.41. The van der Waals surface area contributed by atoms with Crippen LogP contribution in [-0.2, 0) is 24.1 Å². The molecule has 2 aromatic carbocycles. The molecule has 0 heterocycles.